The van der Waals surface area contributed by atoms with Gasteiger partial charge in [-0.15, -0.1) is 0 Å². The average Bonchev–Trinajstić information content (AvgIpc) is 2.56. The number of rotatable bonds is 19. The third-order valence-corrected chi connectivity index (χ3v) is 4.49. The van der Waals surface area contributed by atoms with Crippen LogP contribution in [0.25, 0.3) is 0 Å². The number of hydrogen-bond acceptors (Lipinski definition) is 2. The number of unbranched alkanes of at least 4 members (excludes halogenated alkanes) is 15. The molecule has 4 nitrogen and oxygen atoms in total. The predicted molar refractivity (Wildman–Crippen MR) is 103 cm³/mol. The molecule has 3 N–H and O–H groups in total. The molecule has 4 heteroatoms. The summed E-state index contributed by atoms with van der Waals surface area (Å²) in [4.78, 5) is 10.4. The highest BCUT2D eigenvalue weighted by atomic mass is 16.5. The summed E-state index contributed by atoms with van der Waals surface area (Å²) in [6.45, 7) is 3.22. The van der Waals surface area contributed by atoms with E-state index in [1.165, 1.54) is 96.3 Å². The van der Waals surface area contributed by atoms with Gasteiger partial charge in [-0.05, 0) is 6.42 Å². The van der Waals surface area contributed by atoms with Crippen LogP contribution in [0.2, 0.25) is 0 Å². The van der Waals surface area contributed by atoms with E-state index in [2.05, 4.69) is 12.2 Å². The molecule has 0 aliphatic heterocycles. The fourth-order valence-corrected chi connectivity index (χ4v) is 2.95. The van der Waals surface area contributed by atoms with Crippen molar-refractivity contribution in [1.29, 1.82) is 0 Å². The summed E-state index contributed by atoms with van der Waals surface area (Å²) in [5, 5.41) is 2.42. The summed E-state index contributed by atoms with van der Waals surface area (Å²) in [6, 6.07) is -0.526. The van der Waals surface area contributed by atoms with Gasteiger partial charge in [-0.2, -0.15) is 0 Å². The van der Waals surface area contributed by atoms with E-state index in [-0.39, 0.29) is 6.73 Å². The van der Waals surface area contributed by atoms with Gasteiger partial charge in [-0.25, -0.2) is 4.79 Å². The van der Waals surface area contributed by atoms with Crippen molar-refractivity contribution in [2.45, 2.75) is 110 Å². The predicted octanol–water partition coefficient (Wildman–Crippen LogP) is 5.89. The zero-order valence-electron chi connectivity index (χ0n) is 16.1. The van der Waals surface area contributed by atoms with E-state index in [1.807, 2.05) is 0 Å². The van der Waals surface area contributed by atoms with Crippen molar-refractivity contribution >= 4 is 6.03 Å². The number of nitrogens with two attached hydrogens (primary N) is 1. The number of nitrogens with one attached hydrogen (secondary N) is 1. The van der Waals surface area contributed by atoms with Crippen molar-refractivity contribution < 1.29 is 9.53 Å². The second-order valence-corrected chi connectivity index (χ2v) is 6.90. The van der Waals surface area contributed by atoms with Gasteiger partial charge in [0.05, 0.1) is 0 Å². The summed E-state index contributed by atoms with van der Waals surface area (Å²) in [6.07, 6.45) is 22.0. The van der Waals surface area contributed by atoms with Crippen LogP contribution in [0.1, 0.15) is 110 Å². The van der Waals surface area contributed by atoms with E-state index >= 15 is 0 Å². The van der Waals surface area contributed by atoms with Crippen LogP contribution < -0.4 is 11.1 Å². The first-order chi connectivity index (χ1) is 11.8. The summed E-state index contributed by atoms with van der Waals surface area (Å²) < 4.78 is 5.25. The molecular weight excluding hydrogens is 300 g/mol. The maximum Gasteiger partial charge on any atom is 0.313 e. The molecule has 0 aliphatic carbocycles. The molecular formula is C20H42N2O2. The van der Waals surface area contributed by atoms with Crippen molar-refractivity contribution in [3.05, 3.63) is 0 Å². The van der Waals surface area contributed by atoms with Gasteiger partial charge in [0, 0.05) is 6.61 Å². The molecule has 0 saturated carbocycles. The van der Waals surface area contributed by atoms with E-state index in [0.717, 1.165) is 6.42 Å². The van der Waals surface area contributed by atoms with Gasteiger partial charge >= 0.3 is 6.03 Å². The highest BCUT2D eigenvalue weighted by Gasteiger charge is 1.95. The van der Waals surface area contributed by atoms with Crippen molar-refractivity contribution in [3.8, 4) is 0 Å². The monoisotopic (exact) mass is 342 g/mol. The highest BCUT2D eigenvalue weighted by molar-refractivity contribution is 5.71. The number of ether oxygens (including phenoxy) is 1. The molecule has 0 spiro atoms. The third kappa shape index (κ3) is 21.2. The maximum atomic E-state index is 10.4. The molecule has 0 aromatic rings. The largest absolute Gasteiger partial charge is 0.361 e. The van der Waals surface area contributed by atoms with Crippen molar-refractivity contribution in [2.75, 3.05) is 13.3 Å². The fourth-order valence-electron chi connectivity index (χ4n) is 2.95. The molecule has 2 amide bonds. The molecule has 0 radical (unpaired) electrons. The fraction of sp³-hybridized carbons (Fsp3) is 0.950. The molecule has 0 atom stereocenters. The first-order valence-electron chi connectivity index (χ1n) is 10.4. The van der Waals surface area contributed by atoms with Gasteiger partial charge in [0.25, 0.3) is 0 Å². The summed E-state index contributed by atoms with van der Waals surface area (Å²) in [7, 11) is 0. The second-order valence-electron chi connectivity index (χ2n) is 6.90. The van der Waals surface area contributed by atoms with Gasteiger partial charge in [0.1, 0.15) is 6.73 Å². The van der Waals surface area contributed by atoms with Gasteiger partial charge in [0.2, 0.25) is 0 Å². The minimum absolute atomic E-state index is 0.230. The quantitative estimate of drug-likeness (QED) is 0.227. The topological polar surface area (TPSA) is 64.3 Å². The van der Waals surface area contributed by atoms with Gasteiger partial charge < -0.3 is 15.8 Å². The van der Waals surface area contributed by atoms with Gasteiger partial charge in [0.15, 0.2) is 0 Å². The molecule has 0 aromatic heterocycles. The Morgan fingerprint density at radius 3 is 1.46 bits per heavy atom. The van der Waals surface area contributed by atoms with E-state index in [0.29, 0.717) is 6.61 Å². The van der Waals surface area contributed by atoms with Crippen LogP contribution in [-0.4, -0.2) is 19.4 Å². The molecule has 0 bridgehead atoms. The molecule has 0 unspecified atom stereocenters. The van der Waals surface area contributed by atoms with E-state index < -0.39 is 6.03 Å². The minimum atomic E-state index is -0.526. The van der Waals surface area contributed by atoms with Gasteiger partial charge in [-0.1, -0.05) is 103 Å². The zero-order chi connectivity index (χ0) is 17.7. The molecule has 144 valence electrons. The van der Waals surface area contributed by atoms with Crippen molar-refractivity contribution in [2.24, 2.45) is 5.73 Å². The van der Waals surface area contributed by atoms with Crippen LogP contribution in [0.15, 0.2) is 0 Å². The lowest BCUT2D eigenvalue weighted by Crippen LogP contribution is -2.31. The summed E-state index contributed by atoms with van der Waals surface area (Å²) in [5.74, 6) is 0. The molecule has 24 heavy (non-hydrogen) atoms. The van der Waals surface area contributed by atoms with Crippen LogP contribution in [0.3, 0.4) is 0 Å². The second kappa shape index (κ2) is 20.3. The van der Waals surface area contributed by atoms with Crippen LogP contribution in [0, 0.1) is 0 Å². The summed E-state index contributed by atoms with van der Waals surface area (Å²) >= 11 is 0. The van der Waals surface area contributed by atoms with Crippen molar-refractivity contribution in [1.82, 2.24) is 5.32 Å². The van der Waals surface area contributed by atoms with E-state index in [4.69, 9.17) is 10.5 Å². The Morgan fingerprint density at radius 1 is 0.708 bits per heavy atom. The Labute approximate surface area is 150 Å². The van der Waals surface area contributed by atoms with Crippen LogP contribution in [0.4, 0.5) is 4.79 Å². The molecule has 0 fully saturated rings. The lowest BCUT2D eigenvalue weighted by Gasteiger charge is -2.05. The number of carbonyl (C=O) groups is 1. The van der Waals surface area contributed by atoms with Gasteiger partial charge in [-0.3, -0.25) is 0 Å². The Kier molecular flexibility index (Phi) is 19.6. The molecule has 0 aliphatic rings. The lowest BCUT2D eigenvalue weighted by molar-refractivity contribution is 0.118. The molecule has 0 saturated heterocycles. The third-order valence-electron chi connectivity index (χ3n) is 4.49. The average molecular weight is 343 g/mol. The molecule has 0 rings (SSSR count). The zero-order valence-corrected chi connectivity index (χ0v) is 16.1. The number of amides is 2. The minimum Gasteiger partial charge on any atom is -0.361 e. The highest BCUT2D eigenvalue weighted by Crippen LogP contribution is 2.13. The Balaban J connectivity index is 2.97. The normalized spacial score (nSPS) is 10.9. The molecule has 0 aromatic carbocycles. The van der Waals surface area contributed by atoms with Crippen LogP contribution in [-0.2, 0) is 4.74 Å². The van der Waals surface area contributed by atoms with Crippen LogP contribution in [0.5, 0.6) is 0 Å². The number of carbonyl (C=O) groups excluding carboxylic acids is 1. The molecule has 0 heterocycles. The first-order valence-corrected chi connectivity index (χ1v) is 10.4. The maximum absolute atomic E-state index is 10.4. The Morgan fingerprint density at radius 2 is 1.08 bits per heavy atom. The van der Waals surface area contributed by atoms with E-state index in [9.17, 15) is 4.79 Å². The summed E-state index contributed by atoms with van der Waals surface area (Å²) in [5.41, 5.74) is 4.94. The SMILES string of the molecule is CCCCCCCCCCCCCCCCCCOCNC(N)=O. The Bertz CT molecular complexity index is 260. The smallest absolute Gasteiger partial charge is 0.313 e. The standard InChI is InChI=1S/C20H42N2O2/c1-2-3-4-5-6-7-8-9-10-11-12-13-14-15-16-17-18-24-19-22-20(21)23/h2-19H2,1H3,(H3,21,22,23). The Hall–Kier alpha value is -0.770. The number of hydrogen-bond donors (Lipinski definition) is 2. The van der Waals surface area contributed by atoms with Crippen LogP contribution >= 0.6 is 0 Å². The lowest BCUT2D eigenvalue weighted by atomic mass is 10.0. The number of urea groups is 1. The first kappa shape index (κ1) is 23.2. The van der Waals surface area contributed by atoms with Crippen molar-refractivity contribution in [3.63, 3.8) is 0 Å². The van der Waals surface area contributed by atoms with E-state index in [1.54, 1.807) is 0 Å². The number of primary amides is 1.